The van der Waals surface area contributed by atoms with Crippen LogP contribution in [0.1, 0.15) is 0 Å². The molecule has 0 saturated carbocycles. The van der Waals surface area contributed by atoms with Crippen LogP contribution < -0.4 is 4.90 Å². The van der Waals surface area contributed by atoms with Crippen molar-refractivity contribution in [2.24, 2.45) is 0 Å². The molecule has 0 radical (unpaired) electrons. The van der Waals surface area contributed by atoms with E-state index in [4.69, 9.17) is 0 Å². The van der Waals surface area contributed by atoms with Crippen LogP contribution in [-0.2, 0) is 0 Å². The van der Waals surface area contributed by atoms with Crippen LogP contribution in [0.25, 0.3) is 64.3 Å². The van der Waals surface area contributed by atoms with E-state index in [1.165, 1.54) is 70.0 Å². The van der Waals surface area contributed by atoms with Gasteiger partial charge >= 0.3 is 0 Å². The first-order valence-electron chi connectivity index (χ1n) is 16.4. The van der Waals surface area contributed by atoms with Gasteiger partial charge in [0.1, 0.15) is 0 Å². The minimum atomic E-state index is 1.12. The lowest BCUT2D eigenvalue weighted by Gasteiger charge is -2.28. The van der Waals surface area contributed by atoms with Crippen molar-refractivity contribution in [3.63, 3.8) is 0 Å². The third-order valence-electron chi connectivity index (χ3n) is 9.27. The highest BCUT2D eigenvalue weighted by Gasteiger charge is 2.21. The summed E-state index contributed by atoms with van der Waals surface area (Å²) in [4.78, 5) is 2.43. The molecule has 0 unspecified atom stereocenters. The Kier molecular flexibility index (Phi) is 7.07. The monoisotopic (exact) mass is 629 g/mol. The molecule has 1 nitrogen and oxygen atoms in total. The molecule has 9 rings (SSSR count). The summed E-state index contributed by atoms with van der Waals surface area (Å²) >= 11 is 1.89. The Morgan fingerprint density at radius 2 is 0.833 bits per heavy atom. The molecule has 0 aliphatic heterocycles. The summed E-state index contributed by atoms with van der Waals surface area (Å²) in [6.07, 6.45) is 0. The number of benzene rings is 8. The fraction of sp³-hybridized carbons (Fsp3) is 0. The highest BCUT2D eigenvalue weighted by atomic mass is 32.1. The first-order chi connectivity index (χ1) is 23.8. The molecule has 0 amide bonds. The van der Waals surface area contributed by atoms with Crippen molar-refractivity contribution < 1.29 is 0 Å². The maximum absolute atomic E-state index is 2.43. The number of rotatable bonds is 6. The van der Waals surface area contributed by atoms with E-state index in [0.717, 1.165) is 11.4 Å². The molecule has 0 atom stereocenters. The van der Waals surface area contributed by atoms with E-state index in [2.05, 4.69) is 193 Å². The molecular weight excluding hydrogens is 599 g/mol. The first kappa shape index (κ1) is 28.3. The molecule has 0 bridgehead atoms. The molecule has 0 N–H and O–H groups in total. The zero-order valence-electron chi connectivity index (χ0n) is 26.3. The van der Waals surface area contributed by atoms with Gasteiger partial charge in [-0.05, 0) is 69.8 Å². The van der Waals surface area contributed by atoms with E-state index in [9.17, 15) is 0 Å². The van der Waals surface area contributed by atoms with Gasteiger partial charge in [-0.25, -0.2) is 0 Å². The summed E-state index contributed by atoms with van der Waals surface area (Å²) in [6, 6.07) is 68.0. The van der Waals surface area contributed by atoms with E-state index in [0.29, 0.717) is 0 Å². The number of hydrogen-bond donors (Lipinski definition) is 0. The van der Waals surface area contributed by atoms with Crippen LogP contribution in [0.15, 0.2) is 188 Å². The van der Waals surface area contributed by atoms with Crippen LogP contribution in [0.5, 0.6) is 0 Å². The van der Waals surface area contributed by atoms with Gasteiger partial charge in [0, 0.05) is 42.3 Å². The maximum Gasteiger partial charge on any atom is 0.0547 e. The Balaban J connectivity index is 1.30. The van der Waals surface area contributed by atoms with E-state index < -0.39 is 0 Å². The fourth-order valence-corrected chi connectivity index (χ4v) is 8.21. The molecule has 0 fully saturated rings. The van der Waals surface area contributed by atoms with Crippen LogP contribution in [0.2, 0.25) is 0 Å². The van der Waals surface area contributed by atoms with Crippen molar-refractivity contribution in [1.82, 2.24) is 0 Å². The average molecular weight is 630 g/mol. The molecule has 48 heavy (non-hydrogen) atoms. The molecule has 0 aliphatic carbocycles. The van der Waals surface area contributed by atoms with Gasteiger partial charge in [-0.1, -0.05) is 152 Å². The van der Waals surface area contributed by atoms with Gasteiger partial charge in [0.2, 0.25) is 0 Å². The van der Waals surface area contributed by atoms with Crippen LogP contribution in [0.4, 0.5) is 17.1 Å². The standard InChI is InChI=1S/C46H31NS/c1-4-13-32(14-5-1)34-23-27-37(28-24-34)47(38-29-25-35(26-30-38)33-15-6-2-7-16-33)43-31-42-45-39(36-17-8-3-9-18-36)21-12-22-44(45)48-46(42)41-20-11-10-19-40(41)43/h1-31H. The van der Waals surface area contributed by atoms with Gasteiger partial charge in [-0.15, -0.1) is 11.3 Å². The van der Waals surface area contributed by atoms with Gasteiger partial charge in [0.05, 0.1) is 5.69 Å². The summed E-state index contributed by atoms with van der Waals surface area (Å²) in [5.41, 5.74) is 10.8. The lowest BCUT2D eigenvalue weighted by Crippen LogP contribution is -2.10. The van der Waals surface area contributed by atoms with Crippen molar-refractivity contribution in [3.05, 3.63) is 188 Å². The third kappa shape index (κ3) is 4.95. The Morgan fingerprint density at radius 1 is 0.354 bits per heavy atom. The van der Waals surface area contributed by atoms with E-state index >= 15 is 0 Å². The maximum atomic E-state index is 2.43. The molecule has 226 valence electrons. The summed E-state index contributed by atoms with van der Waals surface area (Å²) in [5, 5.41) is 5.11. The largest absolute Gasteiger partial charge is 0.310 e. The Bertz CT molecular complexity index is 2430. The number of anilines is 3. The lowest BCUT2D eigenvalue weighted by molar-refractivity contribution is 1.30. The van der Waals surface area contributed by atoms with Crippen molar-refractivity contribution >= 4 is 59.3 Å². The van der Waals surface area contributed by atoms with Crippen LogP contribution in [0.3, 0.4) is 0 Å². The second kappa shape index (κ2) is 12.0. The topological polar surface area (TPSA) is 3.24 Å². The zero-order valence-corrected chi connectivity index (χ0v) is 27.1. The molecule has 1 heterocycles. The Labute approximate surface area is 284 Å². The predicted octanol–water partition coefficient (Wildman–Crippen LogP) is 13.7. The van der Waals surface area contributed by atoms with Crippen molar-refractivity contribution in [2.75, 3.05) is 4.90 Å². The molecule has 0 aliphatic rings. The molecule has 0 saturated heterocycles. The quantitative estimate of drug-likeness (QED) is 0.177. The smallest absolute Gasteiger partial charge is 0.0547 e. The number of nitrogens with zero attached hydrogens (tertiary/aromatic N) is 1. The first-order valence-corrected chi connectivity index (χ1v) is 17.2. The van der Waals surface area contributed by atoms with E-state index in [-0.39, 0.29) is 0 Å². The molecular formula is C46H31NS. The summed E-state index contributed by atoms with van der Waals surface area (Å²) < 4.78 is 2.63. The third-order valence-corrected chi connectivity index (χ3v) is 10.5. The van der Waals surface area contributed by atoms with Crippen LogP contribution in [-0.4, -0.2) is 0 Å². The molecule has 0 spiro atoms. The summed E-state index contributed by atoms with van der Waals surface area (Å²) in [5.74, 6) is 0. The highest BCUT2D eigenvalue weighted by Crippen LogP contribution is 2.48. The Hall–Kier alpha value is -5.96. The van der Waals surface area contributed by atoms with E-state index in [1.54, 1.807) is 0 Å². The SMILES string of the molecule is c1ccc(-c2ccc(N(c3ccc(-c4ccccc4)cc3)c3cc4c(sc5cccc(-c6ccccc6)c54)c4ccccc34)cc2)cc1. The van der Waals surface area contributed by atoms with E-state index in [1.807, 2.05) is 11.3 Å². The van der Waals surface area contributed by atoms with Gasteiger partial charge in [0.25, 0.3) is 0 Å². The predicted molar refractivity (Wildman–Crippen MR) is 208 cm³/mol. The fourth-order valence-electron chi connectivity index (χ4n) is 6.97. The number of fused-ring (bicyclic) bond motifs is 5. The van der Waals surface area contributed by atoms with Crippen molar-refractivity contribution in [3.8, 4) is 33.4 Å². The molecule has 8 aromatic carbocycles. The van der Waals surface area contributed by atoms with Gasteiger partial charge in [-0.2, -0.15) is 0 Å². The molecule has 1 aromatic heterocycles. The highest BCUT2D eigenvalue weighted by molar-refractivity contribution is 7.26. The van der Waals surface area contributed by atoms with Crippen LogP contribution in [0, 0.1) is 0 Å². The van der Waals surface area contributed by atoms with Crippen LogP contribution >= 0.6 is 11.3 Å². The lowest BCUT2D eigenvalue weighted by atomic mass is 9.97. The molecule has 9 aromatic rings. The van der Waals surface area contributed by atoms with Gasteiger partial charge < -0.3 is 4.90 Å². The minimum absolute atomic E-state index is 1.12. The van der Waals surface area contributed by atoms with Gasteiger partial charge in [0.15, 0.2) is 0 Å². The zero-order chi connectivity index (χ0) is 31.9. The Morgan fingerprint density at radius 3 is 1.40 bits per heavy atom. The number of thiophene rings is 1. The second-order valence-electron chi connectivity index (χ2n) is 12.1. The van der Waals surface area contributed by atoms with Gasteiger partial charge in [-0.3, -0.25) is 0 Å². The molecule has 2 heteroatoms. The summed E-state index contributed by atoms with van der Waals surface area (Å²) in [7, 11) is 0. The summed E-state index contributed by atoms with van der Waals surface area (Å²) in [6.45, 7) is 0. The second-order valence-corrected chi connectivity index (χ2v) is 13.2. The van der Waals surface area contributed by atoms with Crippen molar-refractivity contribution in [2.45, 2.75) is 0 Å². The normalized spacial score (nSPS) is 11.3. The van der Waals surface area contributed by atoms with Crippen molar-refractivity contribution in [1.29, 1.82) is 0 Å². The number of hydrogen-bond acceptors (Lipinski definition) is 2. The average Bonchev–Trinajstić information content (AvgIpc) is 3.56. The minimum Gasteiger partial charge on any atom is -0.310 e.